The molecule has 0 bridgehead atoms. The fraction of sp³-hybridized carbons (Fsp3) is 0.722. The van der Waals surface area contributed by atoms with Crippen LogP contribution in [-0.4, -0.2) is 126 Å². The summed E-state index contributed by atoms with van der Waals surface area (Å²) in [5, 5.41) is 27.5. The molecule has 148 heavy (non-hydrogen) atoms. The third-order valence-electron chi connectivity index (χ3n) is 19.1. The van der Waals surface area contributed by atoms with Gasteiger partial charge < -0.3 is 13.5 Å². The van der Waals surface area contributed by atoms with E-state index in [0.29, 0.717) is 54.6 Å². The maximum absolute atomic E-state index is 5.35. The molecule has 8 aliphatic heterocycles. The Labute approximate surface area is 915 Å². The van der Waals surface area contributed by atoms with Crippen molar-refractivity contribution in [3.63, 3.8) is 0 Å². The third-order valence-corrected chi connectivity index (χ3v) is 20.1. The van der Waals surface area contributed by atoms with Gasteiger partial charge in [-0.1, -0.05) is 385 Å². The van der Waals surface area contributed by atoms with Crippen LogP contribution in [0.15, 0.2) is 153 Å². The van der Waals surface area contributed by atoms with Crippen LogP contribution in [0, 0.1) is 105 Å². The predicted octanol–water partition coefficient (Wildman–Crippen LogP) is 37.6. The van der Waals surface area contributed by atoms with E-state index in [-0.39, 0.29) is 21.7 Å². The van der Waals surface area contributed by atoms with E-state index in [0.717, 1.165) is 180 Å². The van der Waals surface area contributed by atoms with Gasteiger partial charge in [-0.15, -0.1) is 21.5 Å². The smallest absolute Gasteiger partial charge is 0.227 e. The second-order valence-electron chi connectivity index (χ2n) is 53.5. The fourth-order valence-electron chi connectivity index (χ4n) is 13.9. The van der Waals surface area contributed by atoms with Gasteiger partial charge in [0.25, 0.3) is 0 Å². The molecule has 5 aromatic rings. The summed E-state index contributed by atoms with van der Waals surface area (Å²) in [7, 11) is 2.01. The first-order valence-electron chi connectivity index (χ1n) is 55.5. The van der Waals surface area contributed by atoms with E-state index in [1.165, 1.54) is 62.3 Å². The van der Waals surface area contributed by atoms with Gasteiger partial charge in [-0.3, -0.25) is 34.9 Å². The van der Waals surface area contributed by atoms with E-state index in [9.17, 15) is 0 Å². The van der Waals surface area contributed by atoms with Gasteiger partial charge in [-0.05, 0) is 205 Å². The van der Waals surface area contributed by atoms with Crippen molar-refractivity contribution in [1.29, 1.82) is 0 Å². The molecule has 0 atom stereocenters. The second-order valence-corrected chi connectivity index (χ2v) is 54.9. The molecule has 0 aliphatic carbocycles. The summed E-state index contributed by atoms with van der Waals surface area (Å²) >= 11 is 1.91. The lowest BCUT2D eigenvalue weighted by Crippen LogP contribution is -2.13. The molecule has 0 N–H and O–H groups in total. The van der Waals surface area contributed by atoms with Crippen LogP contribution in [0.1, 0.15) is 486 Å². The van der Waals surface area contributed by atoms with Gasteiger partial charge in [0, 0.05) is 146 Å². The highest BCUT2D eigenvalue weighted by Gasteiger charge is 2.25. The molecular formula is C126H228N18O3S. The number of amidine groups is 1. The minimum Gasteiger partial charge on any atom is -0.446 e. The molecule has 21 nitrogen and oxygen atoms in total. The summed E-state index contributed by atoms with van der Waals surface area (Å²) in [6.07, 6.45) is 44.4. The quantitative estimate of drug-likeness (QED) is 0.108. The number of thiophene rings is 1. The second kappa shape index (κ2) is 72.9. The Balaban J connectivity index is -0.000000495. The lowest BCUT2D eigenvalue weighted by Gasteiger charge is -2.17. The highest BCUT2D eigenvalue weighted by molar-refractivity contribution is 7.11. The summed E-state index contributed by atoms with van der Waals surface area (Å²) in [5.74, 6) is 6.25. The average Bonchev–Trinajstić information content (AvgIpc) is 1.68. The predicted molar refractivity (Wildman–Crippen MR) is 658 cm³/mol. The van der Waals surface area contributed by atoms with Gasteiger partial charge in [-0.25, -0.2) is 14.6 Å². The Kier molecular flexibility index (Phi) is 72.8. The number of rotatable bonds is 13. The van der Waals surface area contributed by atoms with Crippen LogP contribution in [0.5, 0.6) is 0 Å². The lowest BCUT2D eigenvalue weighted by atomic mass is 9.88. The van der Waals surface area contributed by atoms with Crippen molar-refractivity contribution in [2.24, 2.45) is 128 Å². The molecule has 0 fully saturated rings. The zero-order valence-electron chi connectivity index (χ0n) is 107. The van der Waals surface area contributed by atoms with Crippen molar-refractivity contribution in [3.8, 4) is 0 Å². The first-order chi connectivity index (χ1) is 67.7. The van der Waals surface area contributed by atoms with Crippen molar-refractivity contribution in [2.45, 2.75) is 497 Å². The Bertz CT molecular complexity index is 4580. The standard InChI is InChI=1S/C10H16S.C9H17N3.2C9H16N2.C9H15NO.6C9H15N.2C8H14N2O.5C2H6/c1-8-5-6-9(11-8)7-10(2,3)4;1-7-10-11-8(12(7)5)6-9(2,3)4;1-7-6-10-8(11-7)5-9(2,3)4;1-7-5-8(11-10-7)6-9(2,3)4;1-7-10-6-8(11-7)5-9(2,3)4;2*1-9(2,3)6-8-4-5-10-7-8;4*1-9(2,3)7-8-5-4-6-10-8;1-6-9-7(11-10-6)5-8(2,3)4;1-6-7(10-11-9-6)5-8(2,3)4;5*1-2/h5-6H,7H2,1-4H3;6H2,1-5H3;2*5-6H2,1-4H3;6H,5H2,1-4H3;4,7H,5-6H2,1-3H3;4-5H,6-7H2,1-3H3;2*5-6H,4,7H2,1-3H3;4,6H,5,7H2,1-3H3;4-5H,6-7H2,1-3H3;2*5H2,1-4H3;5*1-2H3. The summed E-state index contributed by atoms with van der Waals surface area (Å²) < 4.78 is 17.0. The number of oxazole rings is 1. The monoisotopic (exact) mass is 2070 g/mol. The van der Waals surface area contributed by atoms with Crippen molar-refractivity contribution < 1.29 is 13.6 Å². The van der Waals surface area contributed by atoms with Gasteiger partial charge in [-0.2, -0.15) is 15.2 Å². The largest absolute Gasteiger partial charge is 0.446 e. The van der Waals surface area contributed by atoms with Crippen molar-refractivity contribution in [2.75, 3.05) is 26.2 Å². The molecule has 5 aromatic heterocycles. The van der Waals surface area contributed by atoms with Crippen LogP contribution in [0.25, 0.3) is 0 Å². The number of nitrogens with zero attached hydrogens (tertiary/aromatic N) is 18. The average molecular weight is 2080 g/mol. The zero-order valence-corrected chi connectivity index (χ0v) is 108. The van der Waals surface area contributed by atoms with Crippen molar-refractivity contribution >= 4 is 70.6 Å². The van der Waals surface area contributed by atoms with Gasteiger partial charge in [0.2, 0.25) is 5.89 Å². The molecule has 0 saturated carbocycles. The van der Waals surface area contributed by atoms with Gasteiger partial charge in [0.15, 0.2) is 11.7 Å². The molecule has 846 valence electrons. The maximum atomic E-state index is 5.35. The van der Waals surface area contributed by atoms with Crippen molar-refractivity contribution in [1.82, 2.24) is 40.2 Å². The van der Waals surface area contributed by atoms with E-state index < -0.39 is 0 Å². The van der Waals surface area contributed by atoms with Crippen LogP contribution in [0.4, 0.5) is 0 Å². The van der Waals surface area contributed by atoms with Gasteiger partial charge in [0.05, 0.1) is 32.4 Å². The minimum absolute atomic E-state index is 0.221. The highest BCUT2D eigenvalue weighted by Crippen LogP contribution is 2.33. The molecular weight excluding hydrogens is 1850 g/mol. The van der Waals surface area contributed by atoms with E-state index in [1.54, 1.807) is 6.20 Å². The number of allylic oxidation sites excluding steroid dienone is 8. The third kappa shape index (κ3) is 92.4. The van der Waals surface area contributed by atoms with E-state index in [4.69, 9.17) is 8.94 Å². The number of aliphatic imine (C=N–C) groups is 8. The number of hydrogen-bond donors (Lipinski definition) is 0. The Morgan fingerprint density at radius 2 is 0.912 bits per heavy atom. The molecule has 13 rings (SSSR count). The molecule has 0 spiro atoms. The molecule has 0 radical (unpaired) electrons. The Hall–Kier alpha value is -8.53. The summed E-state index contributed by atoms with van der Waals surface area (Å²) in [5.41, 5.74) is 17.8. The van der Waals surface area contributed by atoms with E-state index in [1.807, 2.05) is 165 Å². The molecule has 0 aromatic carbocycles. The summed E-state index contributed by atoms with van der Waals surface area (Å²) in [4.78, 5) is 45.1. The topological polar surface area (TPSA) is 258 Å². The minimum atomic E-state index is 0.221. The van der Waals surface area contributed by atoms with Crippen LogP contribution in [0.2, 0.25) is 0 Å². The molecule has 0 saturated heterocycles. The Morgan fingerprint density at radius 3 is 1.24 bits per heavy atom. The maximum Gasteiger partial charge on any atom is 0.227 e. The van der Waals surface area contributed by atoms with Crippen LogP contribution in [-0.2, 0) is 39.2 Å². The fourth-order valence-corrected chi connectivity index (χ4v) is 15.1. The van der Waals surface area contributed by atoms with Crippen LogP contribution in [0.3, 0.4) is 0 Å². The molecule has 0 unspecified atom stereocenters. The first-order valence-corrected chi connectivity index (χ1v) is 56.3. The number of aromatic nitrogens is 8. The van der Waals surface area contributed by atoms with Gasteiger partial charge in [0.1, 0.15) is 34.6 Å². The normalized spacial score (nSPS) is 14.6. The van der Waals surface area contributed by atoms with E-state index >= 15 is 0 Å². The van der Waals surface area contributed by atoms with Crippen LogP contribution >= 0.6 is 11.3 Å². The summed E-state index contributed by atoms with van der Waals surface area (Å²) in [6.45, 7) is 124. The molecule has 22 heteroatoms. The lowest BCUT2D eigenvalue weighted by molar-refractivity contribution is 0.295. The SMILES string of the molecule is CC.CC.CC.CC.CC.CC(C)(C)CC1=CC=NC1.CC(C)(C)CC1=CCC=N1.CC(C)(C)CC1=CCC=N1.CC(C)(C)CC1=CCN=C1.CC(C)(C)CC1=NC=CC1.CC(C)(C)CC1=NCC=C1.CC1=NC(CC(C)(C)C)=NC1.CC1=NN=C(CC(C)(C)C)C1.Cc1ccc(CC(C)(C)C)s1.Cc1ncc(CC(C)(C)C)o1.Cc1nnc(CC(C)(C)C)n1C.Cc1noc(CC(C)(C)C)n1.Cc1nonc1CC(C)(C)C. The number of aryl methyl sites for hydroxylation is 5. The van der Waals surface area contributed by atoms with Gasteiger partial charge >= 0.3 is 0 Å². The Morgan fingerprint density at radius 1 is 0.426 bits per heavy atom. The molecule has 13 heterocycles. The summed E-state index contributed by atoms with van der Waals surface area (Å²) in [6, 6.07) is 4.44. The highest BCUT2D eigenvalue weighted by atomic mass is 32.1. The van der Waals surface area contributed by atoms with E-state index in [2.05, 4.69) is 422 Å². The molecule has 0 amide bonds. The molecule has 8 aliphatic rings. The van der Waals surface area contributed by atoms with Crippen molar-refractivity contribution in [3.05, 3.63) is 146 Å². The number of hydrogen-bond acceptors (Lipinski definition) is 21. The zero-order chi connectivity index (χ0) is 116. The first kappa shape index (κ1) is 148. The van der Waals surface area contributed by atoms with Crippen LogP contribution < -0.4 is 0 Å².